The Kier molecular flexibility index (Phi) is 7.66. The van der Waals surface area contributed by atoms with E-state index in [1.54, 1.807) is 6.08 Å². The average molecular weight is 276 g/mol. The minimum absolute atomic E-state index is 0.175. The van der Waals surface area contributed by atoms with Gasteiger partial charge in [0.25, 0.3) is 0 Å². The normalized spacial score (nSPS) is 11.2. The van der Waals surface area contributed by atoms with Gasteiger partial charge in [-0.05, 0) is 30.2 Å². The van der Waals surface area contributed by atoms with Crippen LogP contribution in [0, 0.1) is 0 Å². The highest BCUT2D eigenvalue weighted by atomic mass is 16.5. The fourth-order valence-electron chi connectivity index (χ4n) is 1.66. The standard InChI is InChI=1S/C17H25NO2/c1-4-5-14-20-17-10-7-15(8-11-17)6-9-16(19)12-13-18(2)3/h6-11H,4-5,12-14H2,1-3H3/p+1/b9-6+. The van der Waals surface area contributed by atoms with Crippen LogP contribution < -0.4 is 9.64 Å². The summed E-state index contributed by atoms with van der Waals surface area (Å²) in [5.74, 6) is 1.06. The lowest BCUT2D eigenvalue weighted by molar-refractivity contribution is -0.857. The zero-order valence-corrected chi connectivity index (χ0v) is 12.8. The van der Waals surface area contributed by atoms with Gasteiger partial charge in [-0.2, -0.15) is 0 Å². The first-order valence-corrected chi connectivity index (χ1v) is 7.34. The topological polar surface area (TPSA) is 30.7 Å². The van der Waals surface area contributed by atoms with Gasteiger partial charge in [0.2, 0.25) is 0 Å². The molecule has 3 nitrogen and oxygen atoms in total. The molecule has 0 saturated carbocycles. The quantitative estimate of drug-likeness (QED) is 0.552. The number of carbonyl (C=O) groups excluding carboxylic acids is 1. The Morgan fingerprint density at radius 3 is 2.55 bits per heavy atom. The molecule has 0 unspecified atom stereocenters. The van der Waals surface area contributed by atoms with E-state index in [-0.39, 0.29) is 5.78 Å². The van der Waals surface area contributed by atoms with Crippen LogP contribution in [0.1, 0.15) is 31.7 Å². The molecule has 0 saturated heterocycles. The number of carbonyl (C=O) groups is 1. The minimum Gasteiger partial charge on any atom is -0.494 e. The van der Waals surface area contributed by atoms with Gasteiger partial charge in [-0.25, -0.2) is 0 Å². The minimum atomic E-state index is 0.175. The van der Waals surface area contributed by atoms with Gasteiger partial charge in [0, 0.05) is 0 Å². The molecule has 20 heavy (non-hydrogen) atoms. The number of allylic oxidation sites excluding steroid dienone is 1. The van der Waals surface area contributed by atoms with Crippen LogP contribution in [0.4, 0.5) is 0 Å². The Labute approximate surface area is 122 Å². The lowest BCUT2D eigenvalue weighted by Crippen LogP contribution is -3.05. The van der Waals surface area contributed by atoms with Crippen LogP contribution in [-0.4, -0.2) is 33.0 Å². The Bertz CT molecular complexity index is 421. The summed E-state index contributed by atoms with van der Waals surface area (Å²) < 4.78 is 5.60. The molecule has 110 valence electrons. The van der Waals surface area contributed by atoms with Gasteiger partial charge in [0.15, 0.2) is 5.78 Å². The second-order valence-corrected chi connectivity index (χ2v) is 5.28. The molecular formula is C17H26NO2+. The number of nitrogens with one attached hydrogen (secondary N) is 1. The molecule has 0 spiro atoms. The molecule has 1 aromatic rings. The highest BCUT2D eigenvalue weighted by Crippen LogP contribution is 2.13. The van der Waals surface area contributed by atoms with Gasteiger partial charge >= 0.3 is 0 Å². The maximum Gasteiger partial charge on any atom is 0.161 e. The SMILES string of the molecule is CCCCOc1ccc(/C=C/C(=O)CC[NH+](C)C)cc1. The molecule has 0 amide bonds. The van der Waals surface area contributed by atoms with E-state index in [1.165, 1.54) is 4.90 Å². The lowest BCUT2D eigenvalue weighted by Gasteiger charge is -2.05. The highest BCUT2D eigenvalue weighted by molar-refractivity contribution is 5.93. The molecule has 0 radical (unpaired) electrons. The first-order valence-electron chi connectivity index (χ1n) is 7.34. The summed E-state index contributed by atoms with van der Waals surface area (Å²) in [5.41, 5.74) is 1.03. The molecule has 0 aliphatic carbocycles. The van der Waals surface area contributed by atoms with Crippen molar-refractivity contribution in [1.82, 2.24) is 0 Å². The van der Waals surface area contributed by atoms with Crippen LogP contribution >= 0.6 is 0 Å². The first-order chi connectivity index (χ1) is 9.61. The number of hydrogen-bond acceptors (Lipinski definition) is 2. The summed E-state index contributed by atoms with van der Waals surface area (Å²) in [6.07, 6.45) is 6.33. The molecule has 0 fully saturated rings. The monoisotopic (exact) mass is 276 g/mol. The van der Waals surface area contributed by atoms with Crippen molar-refractivity contribution in [3.63, 3.8) is 0 Å². The van der Waals surface area contributed by atoms with Gasteiger partial charge in [0.1, 0.15) is 5.75 Å². The van der Waals surface area contributed by atoms with Gasteiger partial charge in [-0.3, -0.25) is 4.79 Å². The predicted octanol–water partition coefficient (Wildman–Crippen LogP) is 1.98. The highest BCUT2D eigenvalue weighted by Gasteiger charge is 2.00. The fraction of sp³-hybridized carbons (Fsp3) is 0.471. The van der Waals surface area contributed by atoms with Crippen LogP contribution in [0.25, 0.3) is 6.08 Å². The summed E-state index contributed by atoms with van der Waals surface area (Å²) in [7, 11) is 4.10. The number of rotatable bonds is 9. The van der Waals surface area contributed by atoms with E-state index >= 15 is 0 Å². The molecule has 0 heterocycles. The predicted molar refractivity (Wildman–Crippen MR) is 83.2 cm³/mol. The Balaban J connectivity index is 2.42. The molecule has 3 heteroatoms. The van der Waals surface area contributed by atoms with E-state index in [0.717, 1.165) is 37.3 Å². The second-order valence-electron chi connectivity index (χ2n) is 5.28. The maximum atomic E-state index is 11.6. The molecule has 1 aromatic carbocycles. The van der Waals surface area contributed by atoms with Crippen LogP contribution in [0.5, 0.6) is 5.75 Å². The number of quaternary nitrogens is 1. The maximum absolute atomic E-state index is 11.6. The van der Waals surface area contributed by atoms with Crippen molar-refractivity contribution in [2.75, 3.05) is 27.2 Å². The van der Waals surface area contributed by atoms with Crippen molar-refractivity contribution in [2.45, 2.75) is 26.2 Å². The van der Waals surface area contributed by atoms with E-state index in [1.807, 2.05) is 44.4 Å². The van der Waals surface area contributed by atoms with Crippen LogP contribution in [0.15, 0.2) is 30.3 Å². The lowest BCUT2D eigenvalue weighted by atomic mass is 10.1. The zero-order chi connectivity index (χ0) is 14.8. The molecule has 0 aliphatic rings. The largest absolute Gasteiger partial charge is 0.494 e. The summed E-state index contributed by atoms with van der Waals surface area (Å²) in [4.78, 5) is 12.9. The van der Waals surface area contributed by atoms with E-state index in [2.05, 4.69) is 6.92 Å². The summed E-state index contributed by atoms with van der Waals surface area (Å²) >= 11 is 0. The average Bonchev–Trinajstić information content (AvgIpc) is 2.44. The Hall–Kier alpha value is -1.61. The van der Waals surface area contributed by atoms with Gasteiger partial charge < -0.3 is 9.64 Å². The Morgan fingerprint density at radius 2 is 1.95 bits per heavy atom. The van der Waals surface area contributed by atoms with Crippen molar-refractivity contribution in [3.05, 3.63) is 35.9 Å². The van der Waals surface area contributed by atoms with Gasteiger partial charge in [-0.15, -0.1) is 0 Å². The number of ether oxygens (including phenoxy) is 1. The van der Waals surface area contributed by atoms with Gasteiger partial charge in [0.05, 0.1) is 33.7 Å². The van der Waals surface area contributed by atoms with Crippen LogP contribution in [0.3, 0.4) is 0 Å². The summed E-state index contributed by atoms with van der Waals surface area (Å²) in [6.45, 7) is 3.77. The van der Waals surface area contributed by atoms with Crippen molar-refractivity contribution in [3.8, 4) is 5.75 Å². The third-order valence-electron chi connectivity index (χ3n) is 2.98. The van der Waals surface area contributed by atoms with Crippen molar-refractivity contribution in [1.29, 1.82) is 0 Å². The van der Waals surface area contributed by atoms with E-state index in [0.29, 0.717) is 6.42 Å². The number of benzene rings is 1. The van der Waals surface area contributed by atoms with Crippen LogP contribution in [-0.2, 0) is 4.79 Å². The van der Waals surface area contributed by atoms with E-state index in [4.69, 9.17) is 4.74 Å². The number of hydrogen-bond donors (Lipinski definition) is 1. The van der Waals surface area contributed by atoms with E-state index < -0.39 is 0 Å². The van der Waals surface area contributed by atoms with Crippen molar-refractivity contribution < 1.29 is 14.4 Å². The smallest absolute Gasteiger partial charge is 0.161 e. The molecule has 0 atom stereocenters. The fourth-order valence-corrected chi connectivity index (χ4v) is 1.66. The van der Waals surface area contributed by atoms with E-state index in [9.17, 15) is 4.79 Å². The number of unbranched alkanes of at least 4 members (excludes halogenated alkanes) is 1. The Morgan fingerprint density at radius 1 is 1.25 bits per heavy atom. The molecule has 1 N–H and O–H groups in total. The summed E-state index contributed by atoms with van der Waals surface area (Å²) in [6, 6.07) is 7.85. The molecule has 0 bridgehead atoms. The molecular weight excluding hydrogens is 250 g/mol. The zero-order valence-electron chi connectivity index (χ0n) is 12.8. The van der Waals surface area contributed by atoms with Crippen molar-refractivity contribution in [2.24, 2.45) is 0 Å². The van der Waals surface area contributed by atoms with Crippen LogP contribution in [0.2, 0.25) is 0 Å². The third-order valence-corrected chi connectivity index (χ3v) is 2.98. The number of ketones is 1. The molecule has 1 rings (SSSR count). The summed E-state index contributed by atoms with van der Waals surface area (Å²) in [5, 5.41) is 0. The molecule has 0 aromatic heterocycles. The van der Waals surface area contributed by atoms with Gasteiger partial charge in [-0.1, -0.05) is 31.6 Å². The molecule has 0 aliphatic heterocycles. The third kappa shape index (κ3) is 7.10. The first kappa shape index (κ1) is 16.4. The van der Waals surface area contributed by atoms with Crippen molar-refractivity contribution >= 4 is 11.9 Å². The second kappa shape index (κ2) is 9.32.